The van der Waals surface area contributed by atoms with Gasteiger partial charge >= 0.3 is 5.97 Å². The van der Waals surface area contributed by atoms with E-state index in [4.69, 9.17) is 4.74 Å². The van der Waals surface area contributed by atoms with Gasteiger partial charge in [-0.3, -0.25) is 9.78 Å². The molecule has 0 fully saturated rings. The molecule has 1 aromatic heterocycles. The van der Waals surface area contributed by atoms with Gasteiger partial charge in [0.2, 0.25) is 0 Å². The monoisotopic (exact) mass is 263 g/mol. The summed E-state index contributed by atoms with van der Waals surface area (Å²) in [5.41, 5.74) is 0. The van der Waals surface area contributed by atoms with Gasteiger partial charge in [-0.2, -0.15) is 0 Å². The zero-order chi connectivity index (χ0) is 13.6. The number of pyridine rings is 1. The van der Waals surface area contributed by atoms with Gasteiger partial charge < -0.3 is 4.74 Å². The molecule has 1 heterocycles. The molecule has 18 heavy (non-hydrogen) atoms. The molecule has 0 N–H and O–H groups in total. The number of hydrogen-bond acceptors (Lipinski definition) is 3. The second kappa shape index (κ2) is 6.49. The Bertz CT molecular complexity index is 415. The number of ether oxygens (including phenoxy) is 1. The highest BCUT2D eigenvalue weighted by molar-refractivity contribution is 6.89. The van der Waals surface area contributed by atoms with Gasteiger partial charge in [0.1, 0.15) is 14.2 Å². The van der Waals surface area contributed by atoms with Gasteiger partial charge in [-0.1, -0.05) is 25.2 Å². The van der Waals surface area contributed by atoms with Crippen LogP contribution in [0.25, 0.3) is 0 Å². The quantitative estimate of drug-likeness (QED) is 0.465. The van der Waals surface area contributed by atoms with Crippen LogP contribution in [0.5, 0.6) is 0 Å². The SMILES string of the molecule is C/C=C/C(C[Si](C)(C)c1ccccn1)OC(C)=O. The van der Waals surface area contributed by atoms with Crippen molar-refractivity contribution in [2.75, 3.05) is 0 Å². The Morgan fingerprint density at radius 2 is 2.22 bits per heavy atom. The molecule has 1 unspecified atom stereocenters. The Kier molecular flexibility index (Phi) is 5.28. The zero-order valence-electron chi connectivity index (χ0n) is 11.5. The number of carbonyl (C=O) groups excluding carboxylic acids is 1. The van der Waals surface area contributed by atoms with Gasteiger partial charge in [0.05, 0.1) is 0 Å². The fraction of sp³-hybridized carbons (Fsp3) is 0.429. The van der Waals surface area contributed by atoms with Crippen LogP contribution < -0.4 is 5.32 Å². The minimum atomic E-state index is -1.69. The molecule has 0 aliphatic rings. The van der Waals surface area contributed by atoms with Crippen molar-refractivity contribution in [2.24, 2.45) is 0 Å². The average Bonchev–Trinajstić information content (AvgIpc) is 2.29. The van der Waals surface area contributed by atoms with Crippen LogP contribution in [0.15, 0.2) is 36.5 Å². The van der Waals surface area contributed by atoms with Crippen LogP contribution in [0, 0.1) is 0 Å². The van der Waals surface area contributed by atoms with Gasteiger partial charge in [0, 0.05) is 18.4 Å². The van der Waals surface area contributed by atoms with Gasteiger partial charge in [-0.25, -0.2) is 0 Å². The van der Waals surface area contributed by atoms with Crippen LogP contribution in [0.3, 0.4) is 0 Å². The summed E-state index contributed by atoms with van der Waals surface area (Å²) in [6, 6.07) is 6.84. The Labute approximate surface area is 110 Å². The Morgan fingerprint density at radius 1 is 1.50 bits per heavy atom. The van der Waals surface area contributed by atoms with E-state index in [0.717, 1.165) is 11.4 Å². The second-order valence-electron chi connectivity index (χ2n) is 4.98. The van der Waals surface area contributed by atoms with Crippen molar-refractivity contribution in [3.05, 3.63) is 36.5 Å². The topological polar surface area (TPSA) is 39.2 Å². The second-order valence-corrected chi connectivity index (χ2v) is 9.66. The average molecular weight is 263 g/mol. The van der Waals surface area contributed by atoms with E-state index < -0.39 is 8.07 Å². The molecule has 3 nitrogen and oxygen atoms in total. The molecule has 1 atom stereocenters. The van der Waals surface area contributed by atoms with Gasteiger partial charge in [0.25, 0.3) is 0 Å². The maximum Gasteiger partial charge on any atom is 0.303 e. The van der Waals surface area contributed by atoms with E-state index in [0.29, 0.717) is 0 Å². The highest BCUT2D eigenvalue weighted by Crippen LogP contribution is 2.15. The molecular weight excluding hydrogens is 242 g/mol. The van der Waals surface area contributed by atoms with Gasteiger partial charge in [0.15, 0.2) is 0 Å². The van der Waals surface area contributed by atoms with Crippen molar-refractivity contribution in [1.29, 1.82) is 0 Å². The molecule has 1 rings (SSSR count). The van der Waals surface area contributed by atoms with Crippen molar-refractivity contribution < 1.29 is 9.53 Å². The lowest BCUT2D eigenvalue weighted by Gasteiger charge is -2.25. The first-order valence-corrected chi connectivity index (χ1v) is 9.38. The van der Waals surface area contributed by atoms with Crippen LogP contribution in [0.1, 0.15) is 13.8 Å². The fourth-order valence-corrected chi connectivity index (χ4v) is 4.35. The minimum Gasteiger partial charge on any atom is -0.459 e. The van der Waals surface area contributed by atoms with E-state index in [2.05, 4.69) is 24.1 Å². The number of esters is 1. The molecule has 0 bridgehead atoms. The lowest BCUT2D eigenvalue weighted by Crippen LogP contribution is -2.46. The van der Waals surface area contributed by atoms with Crippen molar-refractivity contribution in [3.63, 3.8) is 0 Å². The molecule has 0 spiro atoms. The molecule has 0 saturated heterocycles. The molecule has 0 amide bonds. The normalized spacial score (nSPS) is 13.6. The standard InChI is InChI=1S/C14H21NO2Si/c1-5-8-13(17-12(2)16)11-18(3,4)14-9-6-7-10-15-14/h5-10,13H,11H2,1-4H3/b8-5+. The van der Waals surface area contributed by atoms with E-state index in [1.54, 1.807) is 0 Å². The van der Waals surface area contributed by atoms with Crippen molar-refractivity contribution in [1.82, 2.24) is 4.98 Å². The van der Waals surface area contributed by atoms with Crippen molar-refractivity contribution in [2.45, 2.75) is 39.1 Å². The van der Waals surface area contributed by atoms with Crippen LogP contribution >= 0.6 is 0 Å². The predicted octanol–water partition coefficient (Wildman–Crippen LogP) is 2.50. The summed E-state index contributed by atoms with van der Waals surface area (Å²) in [6.45, 7) is 7.88. The third-order valence-corrected chi connectivity index (χ3v) is 5.90. The molecule has 0 aliphatic carbocycles. The Hall–Kier alpha value is -1.42. The van der Waals surface area contributed by atoms with Crippen molar-refractivity contribution >= 4 is 19.4 Å². The summed E-state index contributed by atoms with van der Waals surface area (Å²) < 4.78 is 5.33. The van der Waals surface area contributed by atoms with E-state index in [-0.39, 0.29) is 12.1 Å². The summed E-state index contributed by atoms with van der Waals surface area (Å²) in [5.74, 6) is -0.232. The molecule has 0 saturated carbocycles. The third kappa shape index (κ3) is 4.45. The summed E-state index contributed by atoms with van der Waals surface area (Å²) in [6.07, 6.45) is 5.55. The maximum absolute atomic E-state index is 11.1. The molecular formula is C14H21NO2Si. The molecule has 0 aromatic carbocycles. The highest BCUT2D eigenvalue weighted by Gasteiger charge is 2.29. The van der Waals surface area contributed by atoms with Crippen LogP contribution in [0.2, 0.25) is 19.1 Å². The van der Waals surface area contributed by atoms with Gasteiger partial charge in [-0.15, -0.1) is 0 Å². The summed E-state index contributed by atoms with van der Waals surface area (Å²) in [5, 5.41) is 1.15. The van der Waals surface area contributed by atoms with Crippen LogP contribution in [-0.2, 0) is 9.53 Å². The minimum absolute atomic E-state index is 0.142. The lowest BCUT2D eigenvalue weighted by atomic mass is 10.3. The number of nitrogens with zero attached hydrogens (tertiary/aromatic N) is 1. The zero-order valence-corrected chi connectivity index (χ0v) is 12.5. The number of carbonyl (C=O) groups is 1. The largest absolute Gasteiger partial charge is 0.459 e. The van der Waals surface area contributed by atoms with E-state index in [1.165, 1.54) is 6.92 Å². The lowest BCUT2D eigenvalue weighted by molar-refractivity contribution is -0.143. The smallest absolute Gasteiger partial charge is 0.303 e. The molecule has 98 valence electrons. The van der Waals surface area contributed by atoms with E-state index in [1.807, 2.05) is 37.4 Å². The van der Waals surface area contributed by atoms with Crippen LogP contribution in [0.4, 0.5) is 0 Å². The first-order chi connectivity index (χ1) is 8.45. The molecule has 0 radical (unpaired) electrons. The van der Waals surface area contributed by atoms with Crippen molar-refractivity contribution in [3.8, 4) is 0 Å². The summed E-state index contributed by atoms with van der Waals surface area (Å²) in [7, 11) is -1.69. The predicted molar refractivity (Wildman–Crippen MR) is 76.5 cm³/mol. The first kappa shape index (κ1) is 14.6. The van der Waals surface area contributed by atoms with Crippen LogP contribution in [-0.4, -0.2) is 25.1 Å². The fourth-order valence-electron chi connectivity index (χ4n) is 1.95. The third-order valence-electron chi connectivity index (χ3n) is 2.79. The summed E-state index contributed by atoms with van der Waals surface area (Å²) >= 11 is 0. The molecule has 1 aromatic rings. The summed E-state index contributed by atoms with van der Waals surface area (Å²) in [4.78, 5) is 15.5. The van der Waals surface area contributed by atoms with E-state index >= 15 is 0 Å². The number of hydrogen-bond donors (Lipinski definition) is 0. The Balaban J connectivity index is 2.82. The highest BCUT2D eigenvalue weighted by atomic mass is 28.3. The van der Waals surface area contributed by atoms with E-state index in [9.17, 15) is 4.79 Å². The number of rotatable bonds is 5. The molecule has 0 aliphatic heterocycles. The Morgan fingerprint density at radius 3 is 2.72 bits per heavy atom. The van der Waals surface area contributed by atoms with Gasteiger partial charge in [-0.05, 0) is 31.2 Å². The maximum atomic E-state index is 11.1. The first-order valence-electron chi connectivity index (χ1n) is 6.17. The number of aromatic nitrogens is 1. The number of allylic oxidation sites excluding steroid dienone is 1. The molecule has 4 heteroatoms.